The van der Waals surface area contributed by atoms with Gasteiger partial charge in [-0.2, -0.15) is 5.10 Å². The monoisotopic (exact) mass is 500 g/mol. The lowest BCUT2D eigenvalue weighted by molar-refractivity contribution is 0.0951. The summed E-state index contributed by atoms with van der Waals surface area (Å²) in [6.45, 7) is 5.01. The molecule has 1 amide bonds. The number of carbonyl (C=O) groups excluding carboxylic acids is 1. The maximum Gasteiger partial charge on any atom is 0.251 e. The van der Waals surface area contributed by atoms with Crippen molar-refractivity contribution in [2.24, 2.45) is 0 Å². The van der Waals surface area contributed by atoms with Gasteiger partial charge in [-0.25, -0.2) is 14.6 Å². The molecule has 1 fully saturated rings. The lowest BCUT2D eigenvalue weighted by atomic mass is 10.1. The second-order valence-corrected chi connectivity index (χ2v) is 9.21. The fourth-order valence-electron chi connectivity index (χ4n) is 4.10. The molecule has 1 aliphatic heterocycles. The highest BCUT2D eigenvalue weighted by Gasteiger charge is 2.21. The van der Waals surface area contributed by atoms with Crippen LogP contribution in [0.4, 0.5) is 5.82 Å². The lowest BCUT2D eigenvalue weighted by Crippen LogP contribution is -2.27. The quantitative estimate of drug-likeness (QED) is 0.313. The largest absolute Gasteiger partial charge is 0.493 e. The van der Waals surface area contributed by atoms with Gasteiger partial charge in [-0.05, 0) is 31.4 Å². The molecule has 3 heterocycles. The Kier molecular flexibility index (Phi) is 8.17. The van der Waals surface area contributed by atoms with E-state index in [0.29, 0.717) is 35.9 Å². The number of thioether (sulfide) groups is 1. The molecule has 4 rings (SSSR count). The molecule has 0 spiro atoms. The summed E-state index contributed by atoms with van der Waals surface area (Å²) < 4.78 is 17.9. The highest BCUT2D eigenvalue weighted by Crippen LogP contribution is 2.38. The molecule has 3 aromatic rings. The summed E-state index contributed by atoms with van der Waals surface area (Å²) in [6.07, 6.45) is 5.23. The molecule has 188 valence electrons. The number of carbonyl (C=O) groups is 1. The van der Waals surface area contributed by atoms with Crippen LogP contribution in [0.1, 0.15) is 36.5 Å². The van der Waals surface area contributed by atoms with Gasteiger partial charge in [0.1, 0.15) is 5.82 Å². The van der Waals surface area contributed by atoms with Gasteiger partial charge >= 0.3 is 0 Å². The molecule has 35 heavy (non-hydrogen) atoms. The van der Waals surface area contributed by atoms with E-state index >= 15 is 0 Å². The first-order valence-electron chi connectivity index (χ1n) is 11.8. The minimum Gasteiger partial charge on any atom is -0.493 e. The van der Waals surface area contributed by atoms with Gasteiger partial charge < -0.3 is 24.4 Å². The number of fused-ring (bicyclic) bond motifs is 1. The molecule has 1 N–H and O–H groups in total. The van der Waals surface area contributed by atoms with Crippen molar-refractivity contribution in [3.8, 4) is 17.2 Å². The topological polar surface area (TPSA) is 104 Å². The molecule has 1 aliphatic rings. The molecule has 11 heteroatoms. The Hall–Kier alpha value is -3.21. The second kappa shape index (κ2) is 11.5. The van der Waals surface area contributed by atoms with E-state index in [9.17, 15) is 4.79 Å². The maximum atomic E-state index is 12.8. The van der Waals surface area contributed by atoms with Gasteiger partial charge in [0.15, 0.2) is 22.3 Å². The summed E-state index contributed by atoms with van der Waals surface area (Å²) in [5.41, 5.74) is 1.21. The first-order chi connectivity index (χ1) is 17.1. The summed E-state index contributed by atoms with van der Waals surface area (Å²) in [5.74, 6) is 2.98. The van der Waals surface area contributed by atoms with E-state index < -0.39 is 0 Å². The summed E-state index contributed by atoms with van der Waals surface area (Å²) >= 11 is 1.66. The van der Waals surface area contributed by atoms with Crippen LogP contribution in [0.2, 0.25) is 0 Å². The van der Waals surface area contributed by atoms with Gasteiger partial charge in [0, 0.05) is 31.0 Å². The average molecular weight is 501 g/mol. The van der Waals surface area contributed by atoms with Gasteiger partial charge in [-0.1, -0.05) is 18.7 Å². The van der Waals surface area contributed by atoms with E-state index in [1.807, 2.05) is 10.9 Å². The van der Waals surface area contributed by atoms with Crippen molar-refractivity contribution in [3.63, 3.8) is 0 Å². The Balaban J connectivity index is 1.51. The fraction of sp³-hybridized carbons (Fsp3) is 0.500. The van der Waals surface area contributed by atoms with Gasteiger partial charge in [0.05, 0.1) is 39.5 Å². The van der Waals surface area contributed by atoms with Gasteiger partial charge in [-0.3, -0.25) is 4.79 Å². The van der Waals surface area contributed by atoms with Crippen LogP contribution in [0.5, 0.6) is 17.2 Å². The zero-order valence-electron chi connectivity index (χ0n) is 20.7. The van der Waals surface area contributed by atoms with Crippen molar-refractivity contribution in [1.82, 2.24) is 25.1 Å². The van der Waals surface area contributed by atoms with Crippen LogP contribution in [0, 0.1) is 0 Å². The van der Waals surface area contributed by atoms with Crippen LogP contribution >= 0.6 is 11.8 Å². The number of hydrogen-bond acceptors (Lipinski definition) is 9. The number of benzene rings is 1. The molecule has 0 radical (unpaired) electrons. The molecule has 0 bridgehead atoms. The zero-order chi connectivity index (χ0) is 24.8. The van der Waals surface area contributed by atoms with Crippen molar-refractivity contribution in [3.05, 3.63) is 23.9 Å². The molecule has 1 aromatic carbocycles. The number of anilines is 1. The van der Waals surface area contributed by atoms with Crippen molar-refractivity contribution < 1.29 is 19.0 Å². The third kappa shape index (κ3) is 5.39. The Morgan fingerprint density at radius 2 is 1.80 bits per heavy atom. The van der Waals surface area contributed by atoms with E-state index in [0.717, 1.165) is 47.3 Å². The Morgan fingerprint density at radius 1 is 1.09 bits per heavy atom. The van der Waals surface area contributed by atoms with Crippen LogP contribution < -0.4 is 24.4 Å². The van der Waals surface area contributed by atoms with Crippen molar-refractivity contribution in [2.75, 3.05) is 51.6 Å². The van der Waals surface area contributed by atoms with Gasteiger partial charge in [0.25, 0.3) is 5.91 Å². The van der Waals surface area contributed by atoms with Gasteiger partial charge in [0.2, 0.25) is 5.75 Å². The number of nitrogens with zero attached hydrogens (tertiary/aromatic N) is 5. The van der Waals surface area contributed by atoms with Crippen molar-refractivity contribution >= 4 is 34.5 Å². The minimum atomic E-state index is -0.243. The van der Waals surface area contributed by atoms with Crippen LogP contribution in [0.15, 0.2) is 23.5 Å². The van der Waals surface area contributed by atoms with E-state index in [-0.39, 0.29) is 5.91 Å². The number of nitrogens with one attached hydrogen (secondary N) is 1. The van der Waals surface area contributed by atoms with Crippen molar-refractivity contribution in [2.45, 2.75) is 37.9 Å². The molecule has 1 saturated heterocycles. The second-order valence-electron chi connectivity index (χ2n) is 8.15. The zero-order valence-corrected chi connectivity index (χ0v) is 21.5. The lowest BCUT2D eigenvalue weighted by Gasteiger charge is -2.18. The summed E-state index contributed by atoms with van der Waals surface area (Å²) in [5, 5.41) is 9.23. The summed E-state index contributed by atoms with van der Waals surface area (Å²) in [7, 11) is 4.57. The Bertz CT molecular complexity index is 1150. The van der Waals surface area contributed by atoms with Crippen molar-refractivity contribution in [1.29, 1.82) is 0 Å². The molecular formula is C24H32N6O4S. The van der Waals surface area contributed by atoms with Crippen LogP contribution in [0.25, 0.3) is 11.0 Å². The van der Waals surface area contributed by atoms with Crippen LogP contribution in [-0.2, 0) is 6.54 Å². The number of ether oxygens (including phenoxy) is 3. The minimum absolute atomic E-state index is 0.243. The van der Waals surface area contributed by atoms with Gasteiger partial charge in [-0.15, -0.1) is 0 Å². The normalized spacial score (nSPS) is 13.3. The molecular weight excluding hydrogens is 468 g/mol. The fourth-order valence-corrected chi connectivity index (χ4v) is 4.79. The van der Waals surface area contributed by atoms with Crippen LogP contribution in [0.3, 0.4) is 0 Å². The molecule has 0 saturated carbocycles. The standard InChI is InChI=1S/C24H32N6O4S/c1-5-12-35-24-27-21(29-9-6-7-10-29)17-15-26-30(22(17)28-24)11-8-25-23(31)16-13-18(32-2)20(34-4)19(14-16)33-3/h13-15H,5-12H2,1-4H3,(H,25,31). The van der Waals surface area contributed by atoms with Crippen LogP contribution in [-0.4, -0.2) is 72.4 Å². The molecule has 0 unspecified atom stereocenters. The summed E-state index contributed by atoms with van der Waals surface area (Å²) in [6, 6.07) is 3.26. The SMILES string of the molecule is CCCSc1nc(N2CCCC2)c2cnn(CCNC(=O)c3cc(OC)c(OC)c(OC)c3)c2n1. The van der Waals surface area contributed by atoms with E-state index in [2.05, 4.69) is 22.2 Å². The third-order valence-corrected chi connectivity index (χ3v) is 6.89. The third-order valence-electron chi connectivity index (χ3n) is 5.83. The Labute approximate surface area is 209 Å². The molecule has 0 aliphatic carbocycles. The summed E-state index contributed by atoms with van der Waals surface area (Å²) in [4.78, 5) is 24.8. The number of hydrogen-bond donors (Lipinski definition) is 1. The predicted octanol–water partition coefficient (Wildman–Crippen LogP) is 3.38. The molecule has 2 aromatic heterocycles. The Morgan fingerprint density at radius 3 is 2.43 bits per heavy atom. The maximum absolute atomic E-state index is 12.8. The van der Waals surface area contributed by atoms with E-state index in [1.54, 1.807) is 23.9 Å². The van der Waals surface area contributed by atoms with E-state index in [4.69, 9.17) is 24.2 Å². The molecule has 10 nitrogen and oxygen atoms in total. The average Bonchev–Trinajstić information content (AvgIpc) is 3.56. The number of methoxy groups -OCH3 is 3. The first kappa shape index (κ1) is 24.9. The van der Waals surface area contributed by atoms with E-state index in [1.165, 1.54) is 34.2 Å². The number of amides is 1. The molecule has 0 atom stereocenters. The first-order valence-corrected chi connectivity index (χ1v) is 12.8. The highest BCUT2D eigenvalue weighted by molar-refractivity contribution is 7.99. The highest BCUT2D eigenvalue weighted by atomic mass is 32.2. The smallest absolute Gasteiger partial charge is 0.251 e. The number of aromatic nitrogens is 4. The number of rotatable bonds is 11. The predicted molar refractivity (Wildman–Crippen MR) is 136 cm³/mol.